The van der Waals surface area contributed by atoms with Crippen molar-refractivity contribution in [2.24, 2.45) is 5.73 Å². The number of aliphatic hydroxyl groups excluding tert-OH is 2. The van der Waals surface area contributed by atoms with Gasteiger partial charge in [0, 0.05) is 6.54 Å². The van der Waals surface area contributed by atoms with E-state index in [1.807, 2.05) is 0 Å². The second-order valence-corrected chi connectivity index (χ2v) is 13.4. The summed E-state index contributed by atoms with van der Waals surface area (Å²) < 4.78 is 21.8. The number of phosphoric ester groups is 1. The fourth-order valence-electron chi connectivity index (χ4n) is 4.72. The van der Waals surface area contributed by atoms with Crippen LogP contribution in [-0.2, 0) is 18.4 Å². The van der Waals surface area contributed by atoms with Crippen LogP contribution >= 0.6 is 7.82 Å². The highest BCUT2D eigenvalue weighted by molar-refractivity contribution is 7.47. The predicted molar refractivity (Wildman–Crippen MR) is 190 cm³/mol. The first-order valence-corrected chi connectivity index (χ1v) is 19.4. The number of amides is 1. The number of unbranched alkanes of at least 4 members (excludes halogenated alkanes) is 13. The smallest absolute Gasteiger partial charge is 0.393 e. The van der Waals surface area contributed by atoms with Gasteiger partial charge in [0.15, 0.2) is 0 Å². The van der Waals surface area contributed by atoms with Crippen molar-refractivity contribution in [2.75, 3.05) is 19.8 Å². The van der Waals surface area contributed by atoms with E-state index in [1.54, 1.807) is 6.08 Å². The highest BCUT2D eigenvalue weighted by atomic mass is 31.2. The molecule has 0 radical (unpaired) electrons. The van der Waals surface area contributed by atoms with Crippen molar-refractivity contribution in [3.63, 3.8) is 0 Å². The summed E-state index contributed by atoms with van der Waals surface area (Å²) in [5, 5.41) is 23.7. The van der Waals surface area contributed by atoms with Crippen molar-refractivity contribution in [2.45, 2.75) is 154 Å². The molecule has 0 aliphatic carbocycles. The quantitative estimate of drug-likeness (QED) is 0.0209. The lowest BCUT2D eigenvalue weighted by atomic mass is 10.0. The molecule has 10 heteroatoms. The normalized spacial score (nSPS) is 15.7. The number of rotatable bonds is 32. The van der Waals surface area contributed by atoms with Gasteiger partial charge < -0.3 is 26.2 Å². The van der Waals surface area contributed by atoms with Gasteiger partial charge in [0.05, 0.1) is 37.9 Å². The maximum absolute atomic E-state index is 12.7. The van der Waals surface area contributed by atoms with Crippen LogP contribution in [0.3, 0.4) is 0 Å². The van der Waals surface area contributed by atoms with E-state index in [2.05, 4.69) is 55.6 Å². The molecule has 0 aliphatic rings. The number of carbonyl (C=O) groups excluding carboxylic acids is 1. The second-order valence-electron chi connectivity index (χ2n) is 11.9. The number of nitrogens with two attached hydrogens (primary N) is 1. The van der Waals surface area contributed by atoms with Crippen LogP contribution in [0.2, 0.25) is 0 Å². The van der Waals surface area contributed by atoms with Crippen molar-refractivity contribution >= 4 is 13.7 Å². The number of nitrogens with one attached hydrogen (secondary N) is 1. The van der Waals surface area contributed by atoms with Gasteiger partial charge in [-0.15, -0.1) is 0 Å². The molecule has 6 N–H and O–H groups in total. The van der Waals surface area contributed by atoms with Crippen molar-refractivity contribution in [3.8, 4) is 0 Å². The highest BCUT2D eigenvalue weighted by Crippen LogP contribution is 2.43. The molecule has 0 saturated heterocycles. The first-order valence-electron chi connectivity index (χ1n) is 17.9. The summed E-state index contributed by atoms with van der Waals surface area (Å²) in [6, 6.07) is -0.998. The number of hydrogen-bond donors (Lipinski definition) is 5. The lowest BCUT2D eigenvalue weighted by Crippen LogP contribution is -2.46. The second kappa shape index (κ2) is 32.0. The molecule has 0 aromatic rings. The summed E-state index contributed by atoms with van der Waals surface area (Å²) in [6.07, 6.45) is 33.7. The average molecular weight is 671 g/mol. The van der Waals surface area contributed by atoms with Crippen LogP contribution in [0.15, 0.2) is 48.6 Å². The molecule has 1 amide bonds. The number of phosphoric acid groups is 1. The Kier molecular flexibility index (Phi) is 30.9. The molecule has 9 nitrogen and oxygen atoms in total. The van der Waals surface area contributed by atoms with Crippen LogP contribution in [0.5, 0.6) is 0 Å². The number of allylic oxidation sites excluding steroid dienone is 7. The number of aliphatic hydroxyl groups is 2. The molecule has 0 aromatic heterocycles. The zero-order valence-corrected chi connectivity index (χ0v) is 29.8. The summed E-state index contributed by atoms with van der Waals surface area (Å²) >= 11 is 0. The maximum atomic E-state index is 12.7. The molecule has 0 spiro atoms. The third kappa shape index (κ3) is 29.8. The largest absolute Gasteiger partial charge is 0.472 e. The summed E-state index contributed by atoms with van der Waals surface area (Å²) in [7, 11) is -4.39. The van der Waals surface area contributed by atoms with Crippen molar-refractivity contribution in [1.29, 1.82) is 0 Å². The van der Waals surface area contributed by atoms with E-state index >= 15 is 0 Å². The van der Waals surface area contributed by atoms with E-state index in [9.17, 15) is 24.5 Å². The van der Waals surface area contributed by atoms with Gasteiger partial charge in [0.2, 0.25) is 5.91 Å². The van der Waals surface area contributed by atoms with Crippen LogP contribution in [0.4, 0.5) is 0 Å². The van der Waals surface area contributed by atoms with Gasteiger partial charge in [0.25, 0.3) is 0 Å². The molecular weight excluding hydrogens is 603 g/mol. The van der Waals surface area contributed by atoms with E-state index in [-0.39, 0.29) is 19.6 Å². The average Bonchev–Trinajstić information content (AvgIpc) is 3.03. The topological polar surface area (TPSA) is 151 Å². The summed E-state index contributed by atoms with van der Waals surface area (Å²) in [5.41, 5.74) is 5.32. The van der Waals surface area contributed by atoms with Gasteiger partial charge in [-0.05, 0) is 51.4 Å². The first kappa shape index (κ1) is 44.4. The zero-order valence-electron chi connectivity index (χ0n) is 28.9. The summed E-state index contributed by atoms with van der Waals surface area (Å²) in [5.74, 6) is -0.468. The summed E-state index contributed by atoms with van der Waals surface area (Å²) in [6.45, 7) is 3.77. The Bertz CT molecular complexity index is 878. The van der Waals surface area contributed by atoms with E-state index in [0.717, 1.165) is 44.9 Å². The monoisotopic (exact) mass is 670 g/mol. The van der Waals surface area contributed by atoms with Crippen LogP contribution in [0, 0.1) is 0 Å². The zero-order chi connectivity index (χ0) is 34.1. The van der Waals surface area contributed by atoms with Gasteiger partial charge in [-0.2, -0.15) is 0 Å². The lowest BCUT2D eigenvalue weighted by molar-refractivity contribution is -0.124. The Morgan fingerprint density at radius 2 is 1.35 bits per heavy atom. The minimum atomic E-state index is -4.39. The van der Waals surface area contributed by atoms with E-state index in [0.29, 0.717) is 12.8 Å². The predicted octanol–water partition coefficient (Wildman–Crippen LogP) is 7.96. The fourth-order valence-corrected chi connectivity index (χ4v) is 5.48. The van der Waals surface area contributed by atoms with Crippen LogP contribution in [-0.4, -0.2) is 59.0 Å². The molecule has 46 heavy (non-hydrogen) atoms. The Morgan fingerprint density at radius 3 is 1.98 bits per heavy atom. The van der Waals surface area contributed by atoms with Crippen molar-refractivity contribution in [3.05, 3.63) is 48.6 Å². The highest BCUT2D eigenvalue weighted by Gasteiger charge is 2.27. The molecule has 0 rings (SSSR count). The minimum absolute atomic E-state index is 0.0415. The Morgan fingerprint density at radius 1 is 0.761 bits per heavy atom. The van der Waals surface area contributed by atoms with Crippen LogP contribution in [0.1, 0.15) is 136 Å². The number of hydrogen-bond acceptors (Lipinski definition) is 7. The van der Waals surface area contributed by atoms with Crippen molar-refractivity contribution in [1.82, 2.24) is 5.32 Å². The fraction of sp³-hybridized carbons (Fsp3) is 0.750. The van der Waals surface area contributed by atoms with Gasteiger partial charge in [-0.3, -0.25) is 13.8 Å². The summed E-state index contributed by atoms with van der Waals surface area (Å²) in [4.78, 5) is 22.5. The standard InChI is InChI=1S/C36H67N2O7P/c1-3-5-7-9-11-12-13-14-15-16-17-18-19-20-22-23-25-27-33(39)31-36(41)38-34(32-45-46(42,43)44-30-29-37)35(40)28-26-24-21-10-8-6-4-2/h8,10-14,26,28,33-35,39-40H,3-7,9,15-25,27,29-32,37H2,1-2H3,(H,38,41)(H,42,43)/b10-8+,12-11-,14-13-,28-26+. The molecule has 0 fully saturated rings. The van der Waals surface area contributed by atoms with Crippen molar-refractivity contribution < 1.29 is 33.5 Å². The molecule has 0 bridgehead atoms. The first-order chi connectivity index (χ1) is 22.3. The van der Waals surface area contributed by atoms with E-state index in [1.165, 1.54) is 63.9 Å². The molecule has 0 saturated carbocycles. The maximum Gasteiger partial charge on any atom is 0.472 e. The third-order valence-corrected chi connectivity index (χ3v) is 8.42. The van der Waals surface area contributed by atoms with E-state index < -0.39 is 38.6 Å². The lowest BCUT2D eigenvalue weighted by Gasteiger charge is -2.24. The van der Waals surface area contributed by atoms with Gasteiger partial charge in [-0.1, -0.05) is 127 Å². The molecule has 0 heterocycles. The van der Waals surface area contributed by atoms with Crippen LogP contribution in [0.25, 0.3) is 0 Å². The van der Waals surface area contributed by atoms with Gasteiger partial charge >= 0.3 is 7.82 Å². The molecule has 0 aromatic carbocycles. The molecule has 0 aliphatic heterocycles. The van der Waals surface area contributed by atoms with Gasteiger partial charge in [0.1, 0.15) is 0 Å². The van der Waals surface area contributed by atoms with Gasteiger partial charge in [-0.25, -0.2) is 4.57 Å². The SMILES string of the molecule is CCC/C=C/CC/C=C/C(O)C(COP(=O)(O)OCCN)NC(=O)CC(O)CCCCCCCCCC/C=C\C=C/CCCCC. The molecule has 4 unspecified atom stereocenters. The Hall–Kier alpha value is -1.58. The minimum Gasteiger partial charge on any atom is -0.393 e. The molecular formula is C36H67N2O7P. The van der Waals surface area contributed by atoms with Crippen LogP contribution < -0.4 is 11.1 Å². The Labute approximate surface area is 280 Å². The van der Waals surface area contributed by atoms with E-state index in [4.69, 9.17) is 14.8 Å². The number of carbonyl (C=O) groups is 1. The molecule has 4 atom stereocenters. The molecule has 268 valence electrons. The third-order valence-electron chi connectivity index (χ3n) is 7.44. The Balaban J connectivity index is 4.32.